The van der Waals surface area contributed by atoms with E-state index in [1.807, 2.05) is 12.1 Å². The summed E-state index contributed by atoms with van der Waals surface area (Å²) >= 11 is 0. The number of aromatic hydroxyl groups is 1. The molecule has 1 aromatic carbocycles. The highest BCUT2D eigenvalue weighted by molar-refractivity contribution is 5.27. The molecular formula is C13H20N2O. The van der Waals surface area contributed by atoms with Gasteiger partial charge in [0.2, 0.25) is 0 Å². The Balaban J connectivity index is 2.04. The van der Waals surface area contributed by atoms with Gasteiger partial charge in [-0.05, 0) is 44.1 Å². The number of nitrogens with zero attached hydrogens (tertiary/aromatic N) is 1. The number of hydrogen-bond acceptors (Lipinski definition) is 3. The molecular weight excluding hydrogens is 200 g/mol. The molecule has 0 saturated carbocycles. The van der Waals surface area contributed by atoms with E-state index in [1.54, 1.807) is 12.1 Å². The topological polar surface area (TPSA) is 35.5 Å². The lowest BCUT2D eigenvalue weighted by molar-refractivity contribution is 0.225. The van der Waals surface area contributed by atoms with E-state index in [0.29, 0.717) is 11.8 Å². The van der Waals surface area contributed by atoms with Gasteiger partial charge in [-0.3, -0.25) is 4.90 Å². The molecule has 0 aromatic heterocycles. The van der Waals surface area contributed by atoms with E-state index in [4.69, 9.17) is 0 Å². The number of phenolic OH excluding ortho intramolecular Hbond substituents is 1. The predicted octanol–water partition coefficient (Wildman–Crippen LogP) is 1.75. The van der Waals surface area contributed by atoms with Crippen molar-refractivity contribution in [2.24, 2.45) is 0 Å². The monoisotopic (exact) mass is 220 g/mol. The molecule has 0 radical (unpaired) electrons. The molecule has 0 aliphatic carbocycles. The first-order valence-electron chi connectivity index (χ1n) is 6.01. The van der Waals surface area contributed by atoms with E-state index in [9.17, 15) is 5.11 Å². The average Bonchev–Trinajstić information content (AvgIpc) is 2.57. The summed E-state index contributed by atoms with van der Waals surface area (Å²) in [5, 5.41) is 12.7. The molecule has 3 heteroatoms. The second kappa shape index (κ2) is 5.32. The molecule has 88 valence electrons. The molecule has 0 spiro atoms. The number of hydrogen-bond donors (Lipinski definition) is 2. The normalized spacial score (nSPS) is 20.3. The lowest BCUT2D eigenvalue weighted by Gasteiger charge is -2.27. The van der Waals surface area contributed by atoms with Crippen LogP contribution < -0.4 is 5.32 Å². The number of benzene rings is 1. The zero-order valence-electron chi connectivity index (χ0n) is 9.82. The van der Waals surface area contributed by atoms with Gasteiger partial charge in [0.25, 0.3) is 0 Å². The molecule has 1 aliphatic rings. The molecule has 1 unspecified atom stereocenters. The van der Waals surface area contributed by atoms with Crippen molar-refractivity contribution in [1.29, 1.82) is 0 Å². The highest BCUT2D eigenvalue weighted by Crippen LogP contribution is 2.22. The van der Waals surface area contributed by atoms with Gasteiger partial charge in [-0.15, -0.1) is 0 Å². The second-order valence-corrected chi connectivity index (χ2v) is 4.41. The summed E-state index contributed by atoms with van der Waals surface area (Å²) in [4.78, 5) is 2.49. The van der Waals surface area contributed by atoms with Crippen LogP contribution in [0.2, 0.25) is 0 Å². The van der Waals surface area contributed by atoms with E-state index in [0.717, 1.165) is 26.2 Å². The van der Waals surface area contributed by atoms with Crippen LogP contribution in [-0.4, -0.2) is 36.2 Å². The first-order valence-corrected chi connectivity index (χ1v) is 6.01. The highest BCUT2D eigenvalue weighted by atomic mass is 16.3. The third-order valence-corrected chi connectivity index (χ3v) is 3.30. The molecule has 1 atom stereocenters. The molecule has 2 rings (SSSR count). The summed E-state index contributed by atoms with van der Waals surface area (Å²) in [5.41, 5.74) is 1.28. The van der Waals surface area contributed by atoms with Crippen molar-refractivity contribution in [3.05, 3.63) is 29.8 Å². The Morgan fingerprint density at radius 1 is 1.19 bits per heavy atom. The van der Waals surface area contributed by atoms with Crippen LogP contribution in [0.5, 0.6) is 5.75 Å². The smallest absolute Gasteiger partial charge is 0.115 e. The van der Waals surface area contributed by atoms with Crippen LogP contribution in [0, 0.1) is 0 Å². The van der Waals surface area contributed by atoms with Crippen molar-refractivity contribution < 1.29 is 5.11 Å². The molecule has 3 nitrogen and oxygen atoms in total. The van der Waals surface area contributed by atoms with E-state index in [-0.39, 0.29) is 0 Å². The van der Waals surface area contributed by atoms with E-state index in [2.05, 4.69) is 17.1 Å². The summed E-state index contributed by atoms with van der Waals surface area (Å²) in [7, 11) is 0. The number of rotatable bonds is 2. The van der Waals surface area contributed by atoms with Crippen LogP contribution in [0.4, 0.5) is 0 Å². The van der Waals surface area contributed by atoms with E-state index >= 15 is 0 Å². The molecule has 1 fully saturated rings. The summed E-state index contributed by atoms with van der Waals surface area (Å²) < 4.78 is 0. The lowest BCUT2D eigenvalue weighted by Crippen LogP contribution is -2.30. The maximum Gasteiger partial charge on any atom is 0.115 e. The largest absolute Gasteiger partial charge is 0.508 e. The fourth-order valence-electron chi connectivity index (χ4n) is 2.22. The Hall–Kier alpha value is -1.06. The van der Waals surface area contributed by atoms with Crippen LogP contribution in [0.3, 0.4) is 0 Å². The van der Waals surface area contributed by atoms with Gasteiger partial charge in [0.15, 0.2) is 0 Å². The standard InChI is InChI=1S/C13H20N2O/c1-11(12-3-5-13(16)6-4-12)15-9-2-7-14-8-10-15/h3-6,11,14,16H,2,7-10H2,1H3. The van der Waals surface area contributed by atoms with Crippen molar-refractivity contribution >= 4 is 0 Å². The van der Waals surface area contributed by atoms with Crippen LogP contribution in [0.25, 0.3) is 0 Å². The summed E-state index contributed by atoms with van der Waals surface area (Å²) in [5.74, 6) is 0.341. The fourth-order valence-corrected chi connectivity index (χ4v) is 2.22. The summed E-state index contributed by atoms with van der Waals surface area (Å²) in [6.07, 6.45) is 1.21. The fraction of sp³-hybridized carbons (Fsp3) is 0.538. The Labute approximate surface area is 97.1 Å². The molecule has 1 aromatic rings. The number of phenols is 1. The van der Waals surface area contributed by atoms with Gasteiger partial charge in [0.05, 0.1) is 0 Å². The van der Waals surface area contributed by atoms with Crippen LogP contribution in [0.1, 0.15) is 24.9 Å². The van der Waals surface area contributed by atoms with Crippen molar-refractivity contribution in [3.8, 4) is 5.75 Å². The first-order chi connectivity index (χ1) is 7.77. The van der Waals surface area contributed by atoms with E-state index in [1.165, 1.54) is 12.0 Å². The minimum absolute atomic E-state index is 0.341. The van der Waals surface area contributed by atoms with Crippen LogP contribution in [-0.2, 0) is 0 Å². The quantitative estimate of drug-likeness (QED) is 0.797. The first kappa shape index (κ1) is 11.4. The predicted molar refractivity (Wildman–Crippen MR) is 65.6 cm³/mol. The zero-order valence-corrected chi connectivity index (χ0v) is 9.82. The van der Waals surface area contributed by atoms with Gasteiger partial charge < -0.3 is 10.4 Å². The molecule has 1 heterocycles. The van der Waals surface area contributed by atoms with Gasteiger partial charge in [0.1, 0.15) is 5.75 Å². The Bertz CT molecular complexity index is 315. The SMILES string of the molecule is CC(c1ccc(O)cc1)N1CCCNCC1. The maximum atomic E-state index is 9.27. The van der Waals surface area contributed by atoms with Crippen molar-refractivity contribution in [1.82, 2.24) is 10.2 Å². The van der Waals surface area contributed by atoms with Crippen molar-refractivity contribution in [3.63, 3.8) is 0 Å². The van der Waals surface area contributed by atoms with Gasteiger partial charge in [-0.2, -0.15) is 0 Å². The minimum atomic E-state index is 0.341. The highest BCUT2D eigenvalue weighted by Gasteiger charge is 2.16. The molecule has 1 aliphatic heterocycles. The third-order valence-electron chi connectivity index (χ3n) is 3.30. The minimum Gasteiger partial charge on any atom is -0.508 e. The van der Waals surface area contributed by atoms with Gasteiger partial charge in [0, 0.05) is 19.1 Å². The van der Waals surface area contributed by atoms with Crippen molar-refractivity contribution in [2.75, 3.05) is 26.2 Å². The third kappa shape index (κ3) is 2.74. The van der Waals surface area contributed by atoms with Gasteiger partial charge in [-0.25, -0.2) is 0 Å². The van der Waals surface area contributed by atoms with Crippen LogP contribution >= 0.6 is 0 Å². The maximum absolute atomic E-state index is 9.27. The molecule has 1 saturated heterocycles. The average molecular weight is 220 g/mol. The molecule has 0 amide bonds. The molecule has 0 bridgehead atoms. The second-order valence-electron chi connectivity index (χ2n) is 4.41. The van der Waals surface area contributed by atoms with Crippen molar-refractivity contribution in [2.45, 2.75) is 19.4 Å². The van der Waals surface area contributed by atoms with E-state index < -0.39 is 0 Å². The Morgan fingerprint density at radius 3 is 2.69 bits per heavy atom. The summed E-state index contributed by atoms with van der Waals surface area (Å²) in [6, 6.07) is 7.99. The molecule has 2 N–H and O–H groups in total. The Morgan fingerprint density at radius 2 is 1.94 bits per heavy atom. The number of nitrogens with one attached hydrogen (secondary N) is 1. The lowest BCUT2D eigenvalue weighted by atomic mass is 10.1. The Kier molecular flexibility index (Phi) is 3.80. The van der Waals surface area contributed by atoms with Crippen LogP contribution in [0.15, 0.2) is 24.3 Å². The van der Waals surface area contributed by atoms with Gasteiger partial charge >= 0.3 is 0 Å². The van der Waals surface area contributed by atoms with Gasteiger partial charge in [-0.1, -0.05) is 12.1 Å². The zero-order chi connectivity index (χ0) is 11.4. The summed E-state index contributed by atoms with van der Waals surface area (Å²) in [6.45, 7) is 6.68. The molecule has 16 heavy (non-hydrogen) atoms.